The molecule has 19 heavy (non-hydrogen) atoms. The quantitative estimate of drug-likeness (QED) is 0.828. The number of halogens is 1. The molecule has 5 heteroatoms. The summed E-state index contributed by atoms with van der Waals surface area (Å²) < 4.78 is 18.1. The van der Waals surface area contributed by atoms with Crippen LogP contribution in [0.2, 0.25) is 0 Å². The molecule has 0 radical (unpaired) electrons. The van der Waals surface area contributed by atoms with Crippen molar-refractivity contribution in [3.8, 4) is 5.75 Å². The summed E-state index contributed by atoms with van der Waals surface area (Å²) in [6.07, 6.45) is 0. The summed E-state index contributed by atoms with van der Waals surface area (Å²) >= 11 is 0. The number of likely N-dealkylation sites (N-methyl/N-ethyl adjacent to an activating group) is 1. The van der Waals surface area contributed by atoms with Gasteiger partial charge in [-0.05, 0) is 38.2 Å². The van der Waals surface area contributed by atoms with Crippen LogP contribution >= 0.6 is 0 Å². The Morgan fingerprint density at radius 1 is 1.37 bits per heavy atom. The zero-order chi connectivity index (χ0) is 13.8. The SMILES string of the molecule is CC1CN(C)CCN1C(=O)COc1ccc(F)cc1. The average Bonchev–Trinajstić information content (AvgIpc) is 2.37. The van der Waals surface area contributed by atoms with Crippen LogP contribution in [0.3, 0.4) is 0 Å². The first-order chi connectivity index (χ1) is 9.06. The Kier molecular flexibility index (Phi) is 4.37. The van der Waals surface area contributed by atoms with Crippen molar-refractivity contribution in [2.24, 2.45) is 0 Å². The van der Waals surface area contributed by atoms with Crippen LogP contribution in [0.25, 0.3) is 0 Å². The van der Waals surface area contributed by atoms with Crippen LogP contribution in [0.1, 0.15) is 6.92 Å². The van der Waals surface area contributed by atoms with Crippen LogP contribution in [0.4, 0.5) is 4.39 Å². The van der Waals surface area contributed by atoms with E-state index in [4.69, 9.17) is 4.74 Å². The summed E-state index contributed by atoms with van der Waals surface area (Å²) in [4.78, 5) is 16.1. The fourth-order valence-electron chi connectivity index (χ4n) is 2.27. The lowest BCUT2D eigenvalue weighted by molar-refractivity contribution is -0.137. The molecule has 1 amide bonds. The second-order valence-corrected chi connectivity index (χ2v) is 4.94. The predicted octanol–water partition coefficient (Wildman–Crippen LogP) is 1.37. The first-order valence-corrected chi connectivity index (χ1v) is 6.42. The zero-order valence-corrected chi connectivity index (χ0v) is 11.3. The van der Waals surface area contributed by atoms with E-state index < -0.39 is 0 Å². The molecule has 0 aromatic heterocycles. The normalized spacial score (nSPS) is 20.4. The molecule has 0 saturated carbocycles. The van der Waals surface area contributed by atoms with Gasteiger partial charge in [-0.25, -0.2) is 4.39 Å². The van der Waals surface area contributed by atoms with E-state index in [0.29, 0.717) is 5.75 Å². The van der Waals surface area contributed by atoms with E-state index >= 15 is 0 Å². The Bertz CT molecular complexity index is 436. The van der Waals surface area contributed by atoms with Gasteiger partial charge in [0.15, 0.2) is 6.61 Å². The number of benzene rings is 1. The minimum Gasteiger partial charge on any atom is -0.484 e. The van der Waals surface area contributed by atoms with E-state index in [9.17, 15) is 9.18 Å². The third kappa shape index (κ3) is 3.67. The highest BCUT2D eigenvalue weighted by atomic mass is 19.1. The van der Waals surface area contributed by atoms with Gasteiger partial charge in [-0.15, -0.1) is 0 Å². The molecule has 0 bridgehead atoms. The molecular formula is C14H19FN2O2. The molecule has 1 aliphatic heterocycles. The van der Waals surface area contributed by atoms with Crippen molar-refractivity contribution in [3.05, 3.63) is 30.1 Å². The van der Waals surface area contributed by atoms with Crippen molar-refractivity contribution in [2.45, 2.75) is 13.0 Å². The summed E-state index contributed by atoms with van der Waals surface area (Å²) in [7, 11) is 2.05. The maximum Gasteiger partial charge on any atom is 0.260 e. The molecule has 0 N–H and O–H groups in total. The van der Waals surface area contributed by atoms with Crippen LogP contribution in [0.15, 0.2) is 24.3 Å². The van der Waals surface area contributed by atoms with Crippen molar-refractivity contribution in [1.82, 2.24) is 9.80 Å². The van der Waals surface area contributed by atoms with E-state index in [-0.39, 0.29) is 24.4 Å². The highest BCUT2D eigenvalue weighted by Gasteiger charge is 2.25. The van der Waals surface area contributed by atoms with Gasteiger partial charge in [0, 0.05) is 25.7 Å². The first kappa shape index (κ1) is 13.8. The summed E-state index contributed by atoms with van der Waals surface area (Å²) in [5, 5.41) is 0. The predicted molar refractivity (Wildman–Crippen MR) is 70.6 cm³/mol. The molecule has 2 rings (SSSR count). The summed E-state index contributed by atoms with van der Waals surface area (Å²) in [5.41, 5.74) is 0. The molecule has 1 aromatic rings. The number of hydrogen-bond donors (Lipinski definition) is 0. The van der Waals surface area contributed by atoms with E-state index in [1.807, 2.05) is 18.9 Å². The number of rotatable bonds is 3. The van der Waals surface area contributed by atoms with E-state index in [2.05, 4.69) is 4.90 Å². The van der Waals surface area contributed by atoms with Crippen molar-refractivity contribution >= 4 is 5.91 Å². The lowest BCUT2D eigenvalue weighted by atomic mass is 10.2. The Hall–Kier alpha value is -1.62. The molecule has 1 atom stereocenters. The van der Waals surface area contributed by atoms with Crippen LogP contribution in [-0.4, -0.2) is 55.0 Å². The Balaban J connectivity index is 1.85. The zero-order valence-electron chi connectivity index (χ0n) is 11.3. The second-order valence-electron chi connectivity index (χ2n) is 4.94. The van der Waals surface area contributed by atoms with E-state index in [0.717, 1.165) is 19.6 Å². The molecule has 1 aliphatic rings. The summed E-state index contributed by atoms with van der Waals surface area (Å²) in [6, 6.07) is 5.88. The molecule has 1 unspecified atom stereocenters. The topological polar surface area (TPSA) is 32.8 Å². The molecule has 1 fully saturated rings. The van der Waals surface area contributed by atoms with Gasteiger partial charge in [0.2, 0.25) is 0 Å². The third-order valence-electron chi connectivity index (χ3n) is 3.33. The number of ether oxygens (including phenoxy) is 1. The smallest absolute Gasteiger partial charge is 0.260 e. The minimum absolute atomic E-state index is 0.000311. The van der Waals surface area contributed by atoms with E-state index in [1.165, 1.54) is 24.3 Å². The highest BCUT2D eigenvalue weighted by Crippen LogP contribution is 2.12. The number of carbonyl (C=O) groups excluding carboxylic acids is 1. The van der Waals surface area contributed by atoms with Gasteiger partial charge in [-0.1, -0.05) is 0 Å². The lowest BCUT2D eigenvalue weighted by Gasteiger charge is -2.38. The van der Waals surface area contributed by atoms with Crippen molar-refractivity contribution in [3.63, 3.8) is 0 Å². The summed E-state index contributed by atoms with van der Waals surface area (Å²) in [6.45, 7) is 4.52. The van der Waals surface area contributed by atoms with Crippen LogP contribution in [-0.2, 0) is 4.79 Å². The van der Waals surface area contributed by atoms with Gasteiger partial charge < -0.3 is 14.5 Å². The molecule has 0 spiro atoms. The van der Waals surface area contributed by atoms with Gasteiger partial charge in [0.25, 0.3) is 5.91 Å². The highest BCUT2D eigenvalue weighted by molar-refractivity contribution is 5.78. The number of carbonyl (C=O) groups is 1. The van der Waals surface area contributed by atoms with Gasteiger partial charge in [-0.3, -0.25) is 4.79 Å². The minimum atomic E-state index is -0.314. The molecule has 1 heterocycles. The van der Waals surface area contributed by atoms with Crippen molar-refractivity contribution in [1.29, 1.82) is 0 Å². The largest absolute Gasteiger partial charge is 0.484 e. The van der Waals surface area contributed by atoms with E-state index in [1.54, 1.807) is 0 Å². The number of piperazine rings is 1. The van der Waals surface area contributed by atoms with Crippen molar-refractivity contribution in [2.75, 3.05) is 33.3 Å². The van der Waals surface area contributed by atoms with Crippen molar-refractivity contribution < 1.29 is 13.9 Å². The second kappa shape index (κ2) is 6.02. The monoisotopic (exact) mass is 266 g/mol. The summed E-state index contributed by atoms with van der Waals surface area (Å²) in [5.74, 6) is 0.174. The molecule has 1 saturated heterocycles. The number of amides is 1. The fourth-order valence-corrected chi connectivity index (χ4v) is 2.27. The Labute approximate surface area is 112 Å². The third-order valence-corrected chi connectivity index (χ3v) is 3.33. The molecule has 104 valence electrons. The van der Waals surface area contributed by atoms with Gasteiger partial charge >= 0.3 is 0 Å². The fraction of sp³-hybridized carbons (Fsp3) is 0.500. The maximum absolute atomic E-state index is 12.7. The standard InChI is InChI=1S/C14H19FN2O2/c1-11-9-16(2)7-8-17(11)14(18)10-19-13-5-3-12(15)4-6-13/h3-6,11H,7-10H2,1-2H3. The van der Waals surface area contributed by atoms with Crippen LogP contribution < -0.4 is 4.74 Å². The average molecular weight is 266 g/mol. The van der Waals surface area contributed by atoms with Crippen LogP contribution in [0.5, 0.6) is 5.75 Å². The van der Waals surface area contributed by atoms with Gasteiger partial charge in [0.05, 0.1) is 0 Å². The molecule has 1 aromatic carbocycles. The number of hydrogen-bond acceptors (Lipinski definition) is 3. The lowest BCUT2D eigenvalue weighted by Crippen LogP contribution is -2.53. The Morgan fingerprint density at radius 2 is 2.05 bits per heavy atom. The Morgan fingerprint density at radius 3 is 2.68 bits per heavy atom. The number of nitrogens with zero attached hydrogens (tertiary/aromatic N) is 2. The molecule has 0 aliphatic carbocycles. The molecular weight excluding hydrogens is 247 g/mol. The first-order valence-electron chi connectivity index (χ1n) is 6.42. The van der Waals surface area contributed by atoms with Crippen LogP contribution in [0, 0.1) is 5.82 Å². The van der Waals surface area contributed by atoms with Gasteiger partial charge in [0.1, 0.15) is 11.6 Å². The molecule has 4 nitrogen and oxygen atoms in total. The maximum atomic E-state index is 12.7. The van der Waals surface area contributed by atoms with Gasteiger partial charge in [-0.2, -0.15) is 0 Å².